The number of hydrogen-bond donors (Lipinski definition) is 2. The zero-order valence-electron chi connectivity index (χ0n) is 8.24. The largest absolute Gasteiger partial charge is 0.324 e. The molecule has 1 aromatic heterocycles. The number of benzene rings is 1. The van der Waals surface area contributed by atoms with E-state index in [4.69, 9.17) is 5.73 Å². The van der Waals surface area contributed by atoms with Crippen LogP contribution in [0.3, 0.4) is 0 Å². The monoisotopic (exact) mass is 191 g/mol. The minimum Gasteiger partial charge on any atom is -0.324 e. The Balaban J connectivity index is 2.77. The Bertz CT molecular complexity index is 522. The molecule has 0 bridgehead atoms. The second-order valence-corrected chi connectivity index (χ2v) is 3.57. The number of fused-ring (bicyclic) bond motifs is 1. The number of nitrogens with zero attached hydrogens (tertiary/aromatic N) is 1. The van der Waals surface area contributed by atoms with Crippen LogP contribution in [0.1, 0.15) is 18.5 Å². The van der Waals surface area contributed by atoms with Gasteiger partial charge in [-0.3, -0.25) is 14.6 Å². The van der Waals surface area contributed by atoms with Gasteiger partial charge in [-0.05, 0) is 24.6 Å². The molecule has 0 aliphatic rings. The summed E-state index contributed by atoms with van der Waals surface area (Å²) in [5, 5.41) is 3.40. The molecule has 1 atom stereocenters. The third-order valence-electron chi connectivity index (χ3n) is 2.42. The van der Waals surface area contributed by atoms with E-state index in [1.807, 2.05) is 32.2 Å². The molecule has 1 heterocycles. The summed E-state index contributed by atoms with van der Waals surface area (Å²) < 4.78 is 1.71. The zero-order valence-corrected chi connectivity index (χ0v) is 8.24. The maximum absolute atomic E-state index is 11.5. The van der Waals surface area contributed by atoms with Crippen LogP contribution in [0.25, 0.3) is 10.9 Å². The number of aryl methyl sites for hydroxylation is 1. The predicted molar refractivity (Wildman–Crippen MR) is 56.1 cm³/mol. The first-order valence-corrected chi connectivity index (χ1v) is 4.54. The molecule has 4 heteroatoms. The van der Waals surface area contributed by atoms with Crippen molar-refractivity contribution in [2.75, 3.05) is 0 Å². The Morgan fingerprint density at radius 2 is 2.21 bits per heavy atom. The van der Waals surface area contributed by atoms with Gasteiger partial charge in [-0.25, -0.2) is 0 Å². The van der Waals surface area contributed by atoms with E-state index in [0.29, 0.717) is 5.39 Å². The molecule has 0 aliphatic carbocycles. The highest BCUT2D eigenvalue weighted by Gasteiger charge is 2.06. The zero-order chi connectivity index (χ0) is 10.3. The van der Waals surface area contributed by atoms with Gasteiger partial charge in [0.2, 0.25) is 0 Å². The van der Waals surface area contributed by atoms with Crippen LogP contribution in [0.2, 0.25) is 0 Å². The third-order valence-corrected chi connectivity index (χ3v) is 2.42. The van der Waals surface area contributed by atoms with Crippen LogP contribution < -0.4 is 11.3 Å². The third kappa shape index (κ3) is 1.24. The molecule has 0 aliphatic heterocycles. The van der Waals surface area contributed by atoms with Crippen molar-refractivity contribution in [2.45, 2.75) is 13.0 Å². The van der Waals surface area contributed by atoms with Crippen LogP contribution in [0.15, 0.2) is 23.0 Å². The molecule has 0 fully saturated rings. The summed E-state index contributed by atoms with van der Waals surface area (Å²) >= 11 is 0. The second kappa shape index (κ2) is 2.99. The number of H-pyrrole nitrogens is 1. The van der Waals surface area contributed by atoms with Crippen molar-refractivity contribution >= 4 is 10.9 Å². The van der Waals surface area contributed by atoms with E-state index in [0.717, 1.165) is 11.1 Å². The van der Waals surface area contributed by atoms with E-state index in [1.54, 1.807) is 4.68 Å². The molecular weight excluding hydrogens is 178 g/mol. The Labute approximate surface area is 81.3 Å². The fourth-order valence-corrected chi connectivity index (χ4v) is 1.58. The van der Waals surface area contributed by atoms with Gasteiger partial charge < -0.3 is 5.73 Å². The number of nitrogens with two attached hydrogens (primary N) is 1. The van der Waals surface area contributed by atoms with E-state index < -0.39 is 0 Å². The van der Waals surface area contributed by atoms with Crippen molar-refractivity contribution < 1.29 is 0 Å². The Hall–Kier alpha value is -1.55. The van der Waals surface area contributed by atoms with Crippen molar-refractivity contribution in [2.24, 2.45) is 12.8 Å². The highest BCUT2D eigenvalue weighted by molar-refractivity contribution is 5.79. The summed E-state index contributed by atoms with van der Waals surface area (Å²) in [6, 6.07) is 5.66. The van der Waals surface area contributed by atoms with Crippen molar-refractivity contribution in [1.29, 1.82) is 0 Å². The predicted octanol–water partition coefficient (Wildman–Crippen LogP) is 0.886. The van der Waals surface area contributed by atoms with E-state index in [-0.39, 0.29) is 11.6 Å². The number of aromatic amines is 1. The molecule has 74 valence electrons. The maximum atomic E-state index is 11.5. The van der Waals surface area contributed by atoms with Crippen molar-refractivity contribution in [3.05, 3.63) is 34.1 Å². The van der Waals surface area contributed by atoms with Crippen LogP contribution in [0, 0.1) is 0 Å². The smallest absolute Gasteiger partial charge is 0.271 e. The standard InChI is InChI=1S/C10H13N3O/c1-6(11)7-3-4-9-8(5-7)10(14)12-13(9)2/h3-6H,11H2,1-2H3,(H,12,14). The molecule has 3 N–H and O–H groups in total. The van der Waals surface area contributed by atoms with Crippen molar-refractivity contribution in [3.8, 4) is 0 Å². The summed E-state index contributed by atoms with van der Waals surface area (Å²) in [6.45, 7) is 1.90. The number of hydrogen-bond acceptors (Lipinski definition) is 2. The van der Waals surface area contributed by atoms with Crippen LogP contribution in [-0.4, -0.2) is 9.78 Å². The Morgan fingerprint density at radius 3 is 2.86 bits per heavy atom. The summed E-state index contributed by atoms with van der Waals surface area (Å²) in [4.78, 5) is 11.5. The van der Waals surface area contributed by atoms with Crippen LogP contribution >= 0.6 is 0 Å². The number of rotatable bonds is 1. The Kier molecular flexibility index (Phi) is 1.93. The van der Waals surface area contributed by atoms with E-state index in [9.17, 15) is 4.79 Å². The molecule has 14 heavy (non-hydrogen) atoms. The molecule has 4 nitrogen and oxygen atoms in total. The highest BCUT2D eigenvalue weighted by atomic mass is 16.1. The highest BCUT2D eigenvalue weighted by Crippen LogP contribution is 2.15. The minimum atomic E-state index is -0.0648. The quantitative estimate of drug-likeness (QED) is 0.703. The average molecular weight is 191 g/mol. The van der Waals surface area contributed by atoms with E-state index >= 15 is 0 Å². The Morgan fingerprint density at radius 1 is 1.50 bits per heavy atom. The maximum Gasteiger partial charge on any atom is 0.271 e. The average Bonchev–Trinajstić information content (AvgIpc) is 2.42. The van der Waals surface area contributed by atoms with Gasteiger partial charge in [0.1, 0.15) is 0 Å². The molecule has 0 saturated carbocycles. The van der Waals surface area contributed by atoms with Gasteiger partial charge in [0.25, 0.3) is 5.56 Å². The van der Waals surface area contributed by atoms with E-state index in [2.05, 4.69) is 5.10 Å². The van der Waals surface area contributed by atoms with Crippen LogP contribution in [0.4, 0.5) is 0 Å². The molecule has 0 saturated heterocycles. The molecule has 0 spiro atoms. The van der Waals surface area contributed by atoms with Gasteiger partial charge in [0.15, 0.2) is 0 Å². The lowest BCUT2D eigenvalue weighted by Crippen LogP contribution is -2.05. The van der Waals surface area contributed by atoms with E-state index in [1.165, 1.54) is 0 Å². The van der Waals surface area contributed by atoms with Crippen molar-refractivity contribution in [1.82, 2.24) is 9.78 Å². The van der Waals surface area contributed by atoms with Crippen LogP contribution in [0.5, 0.6) is 0 Å². The molecule has 2 aromatic rings. The first-order chi connectivity index (χ1) is 6.59. The first-order valence-electron chi connectivity index (χ1n) is 4.54. The number of nitrogens with one attached hydrogen (secondary N) is 1. The molecule has 0 radical (unpaired) electrons. The van der Waals surface area contributed by atoms with Gasteiger partial charge in [-0.1, -0.05) is 6.07 Å². The summed E-state index contributed by atoms with van der Waals surface area (Å²) in [5.74, 6) is 0. The first kappa shape index (κ1) is 9.02. The topological polar surface area (TPSA) is 63.8 Å². The molecule has 0 amide bonds. The number of aromatic nitrogens is 2. The lowest BCUT2D eigenvalue weighted by atomic mass is 10.1. The normalized spacial score (nSPS) is 13.4. The fraction of sp³-hybridized carbons (Fsp3) is 0.300. The lowest BCUT2D eigenvalue weighted by molar-refractivity contribution is 0.783. The van der Waals surface area contributed by atoms with Crippen molar-refractivity contribution in [3.63, 3.8) is 0 Å². The lowest BCUT2D eigenvalue weighted by Gasteiger charge is -2.04. The van der Waals surface area contributed by atoms with Gasteiger partial charge in [0, 0.05) is 13.1 Å². The SMILES string of the molecule is CC(N)c1ccc2c(c1)c(=O)[nH]n2C. The summed E-state index contributed by atoms with van der Waals surface area (Å²) in [5.41, 5.74) is 7.56. The van der Waals surface area contributed by atoms with Crippen LogP contribution in [-0.2, 0) is 7.05 Å². The molecule has 1 unspecified atom stereocenters. The van der Waals surface area contributed by atoms with Gasteiger partial charge in [0.05, 0.1) is 10.9 Å². The fourth-order valence-electron chi connectivity index (χ4n) is 1.58. The van der Waals surface area contributed by atoms with Gasteiger partial charge >= 0.3 is 0 Å². The molecular formula is C10H13N3O. The second-order valence-electron chi connectivity index (χ2n) is 3.57. The minimum absolute atomic E-state index is 0.0426. The van der Waals surface area contributed by atoms with Gasteiger partial charge in [-0.15, -0.1) is 0 Å². The molecule has 1 aromatic carbocycles. The summed E-state index contributed by atoms with van der Waals surface area (Å²) in [6.07, 6.45) is 0. The van der Waals surface area contributed by atoms with Gasteiger partial charge in [-0.2, -0.15) is 0 Å². The summed E-state index contributed by atoms with van der Waals surface area (Å²) in [7, 11) is 1.81. The molecule has 2 rings (SSSR count).